The van der Waals surface area contributed by atoms with Gasteiger partial charge in [0.25, 0.3) is 0 Å². The van der Waals surface area contributed by atoms with Crippen LogP contribution in [-0.4, -0.2) is 58.5 Å². The second-order valence-electron chi connectivity index (χ2n) is 11.5. The molecule has 0 bridgehead atoms. The molecule has 0 heterocycles. The van der Waals surface area contributed by atoms with Gasteiger partial charge in [0.05, 0.1) is 0 Å². The zero-order chi connectivity index (χ0) is 28.3. The molecule has 0 saturated carbocycles. The molecule has 0 fully saturated rings. The van der Waals surface area contributed by atoms with Gasteiger partial charge in [0.15, 0.2) is 0 Å². The van der Waals surface area contributed by atoms with Gasteiger partial charge < -0.3 is 20.3 Å². The number of hydrogen-bond acceptors (Lipinski definition) is 5. The van der Waals surface area contributed by atoms with Crippen LogP contribution in [-0.2, 0) is 14.3 Å². The minimum Gasteiger partial charge on any atom is -0.444 e. The van der Waals surface area contributed by atoms with Crippen molar-refractivity contribution in [3.8, 4) is 0 Å². The molecular weight excluding hydrogens is 486 g/mol. The molecule has 0 aromatic heterocycles. The second-order valence-corrected chi connectivity index (χ2v) is 12.5. The van der Waals surface area contributed by atoms with E-state index in [2.05, 4.69) is 24.5 Å². The number of alkyl carbamates (subject to hydrolysis) is 1. The van der Waals surface area contributed by atoms with Crippen molar-refractivity contribution in [2.45, 2.75) is 111 Å². The van der Waals surface area contributed by atoms with Crippen LogP contribution in [0.4, 0.5) is 4.79 Å². The smallest absolute Gasteiger partial charge is 0.408 e. The molecular formula is C29H49N3O4S. The Morgan fingerprint density at radius 1 is 0.946 bits per heavy atom. The highest BCUT2D eigenvalue weighted by Crippen LogP contribution is 2.28. The summed E-state index contributed by atoms with van der Waals surface area (Å²) in [5.74, 6) is 0.618. The first-order chi connectivity index (χ1) is 17.2. The van der Waals surface area contributed by atoms with E-state index in [1.807, 2.05) is 58.2 Å². The number of carbonyl (C=O) groups is 3. The summed E-state index contributed by atoms with van der Waals surface area (Å²) < 4.78 is 5.47. The van der Waals surface area contributed by atoms with Crippen LogP contribution in [0.15, 0.2) is 24.3 Å². The van der Waals surface area contributed by atoms with Gasteiger partial charge in [-0.05, 0) is 91.2 Å². The highest BCUT2D eigenvalue weighted by molar-refractivity contribution is 7.98. The minimum absolute atomic E-state index is 0.0875. The van der Waals surface area contributed by atoms with Gasteiger partial charge in [-0.2, -0.15) is 11.8 Å². The molecule has 1 rings (SSSR count). The molecule has 210 valence electrons. The molecule has 0 aliphatic carbocycles. The summed E-state index contributed by atoms with van der Waals surface area (Å²) in [5.41, 5.74) is 1.12. The largest absolute Gasteiger partial charge is 0.444 e. The summed E-state index contributed by atoms with van der Waals surface area (Å²) in [4.78, 5) is 42.3. The molecule has 0 aliphatic rings. The number of nitrogens with zero attached hydrogens (tertiary/aromatic N) is 1. The molecule has 37 heavy (non-hydrogen) atoms. The fraction of sp³-hybridized carbons (Fsp3) is 0.690. The van der Waals surface area contributed by atoms with Crippen LogP contribution in [0, 0.1) is 12.8 Å². The first-order valence-electron chi connectivity index (χ1n) is 13.3. The standard InChI is InChI=1S/C29H49N3O4S/c1-19(2)11-14-22(6)32(25(26(33)30-20(3)4)23-15-12-21(5)13-16-23)27(34)24(17-18-37-10)31-28(35)36-29(7,8)9/h12-13,15-16,19-20,22,24-25H,11,14,17-18H2,1-10H3,(H,30,33)(H,31,35). The second kappa shape index (κ2) is 15.3. The highest BCUT2D eigenvalue weighted by atomic mass is 32.2. The van der Waals surface area contributed by atoms with E-state index < -0.39 is 23.8 Å². The highest BCUT2D eigenvalue weighted by Gasteiger charge is 2.38. The summed E-state index contributed by atoms with van der Waals surface area (Å²) in [6.07, 6.45) is 3.40. The number of aryl methyl sites for hydroxylation is 1. The van der Waals surface area contributed by atoms with E-state index in [4.69, 9.17) is 4.74 Å². The number of nitrogens with one attached hydrogen (secondary N) is 2. The van der Waals surface area contributed by atoms with E-state index in [-0.39, 0.29) is 23.9 Å². The number of hydrogen-bond donors (Lipinski definition) is 2. The molecule has 7 nitrogen and oxygen atoms in total. The fourth-order valence-corrected chi connectivity index (χ4v) is 4.46. The normalized spacial score (nSPS) is 14.2. The van der Waals surface area contributed by atoms with Crippen molar-refractivity contribution in [3.63, 3.8) is 0 Å². The van der Waals surface area contributed by atoms with Crippen molar-refractivity contribution < 1.29 is 19.1 Å². The molecule has 3 unspecified atom stereocenters. The maximum atomic E-state index is 14.3. The lowest BCUT2D eigenvalue weighted by molar-refractivity contribution is -0.145. The van der Waals surface area contributed by atoms with Crippen molar-refractivity contribution in [2.24, 2.45) is 5.92 Å². The molecule has 1 aromatic rings. The molecule has 8 heteroatoms. The summed E-state index contributed by atoms with van der Waals surface area (Å²) in [6.45, 7) is 17.4. The lowest BCUT2D eigenvalue weighted by atomic mass is 9.96. The predicted octanol–water partition coefficient (Wildman–Crippen LogP) is 5.86. The average Bonchev–Trinajstić information content (AvgIpc) is 2.77. The Morgan fingerprint density at radius 2 is 1.54 bits per heavy atom. The van der Waals surface area contributed by atoms with Crippen LogP contribution in [0.2, 0.25) is 0 Å². The molecule has 0 radical (unpaired) electrons. The van der Waals surface area contributed by atoms with Crippen LogP contribution in [0.5, 0.6) is 0 Å². The van der Waals surface area contributed by atoms with Gasteiger partial charge in [-0.3, -0.25) is 9.59 Å². The fourth-order valence-electron chi connectivity index (χ4n) is 3.99. The van der Waals surface area contributed by atoms with Gasteiger partial charge in [-0.15, -0.1) is 0 Å². The van der Waals surface area contributed by atoms with Crippen molar-refractivity contribution in [3.05, 3.63) is 35.4 Å². The molecule has 0 spiro atoms. The van der Waals surface area contributed by atoms with Crippen molar-refractivity contribution >= 4 is 29.7 Å². The van der Waals surface area contributed by atoms with Crippen LogP contribution < -0.4 is 10.6 Å². The van der Waals surface area contributed by atoms with Gasteiger partial charge in [0.1, 0.15) is 17.7 Å². The first-order valence-corrected chi connectivity index (χ1v) is 14.7. The first kappa shape index (κ1) is 32.8. The number of amides is 3. The summed E-state index contributed by atoms with van der Waals surface area (Å²) in [7, 11) is 0. The molecule has 3 atom stereocenters. The van der Waals surface area contributed by atoms with Gasteiger partial charge in [-0.1, -0.05) is 43.7 Å². The third kappa shape index (κ3) is 11.8. The number of thioether (sulfide) groups is 1. The summed E-state index contributed by atoms with van der Waals surface area (Å²) in [5, 5.41) is 5.82. The van der Waals surface area contributed by atoms with Crippen molar-refractivity contribution in [1.29, 1.82) is 0 Å². The van der Waals surface area contributed by atoms with E-state index in [0.717, 1.165) is 24.0 Å². The SMILES string of the molecule is CSCCC(NC(=O)OC(C)(C)C)C(=O)N(C(C)CCC(C)C)C(C(=O)NC(C)C)c1ccc(C)cc1. The Morgan fingerprint density at radius 3 is 2.03 bits per heavy atom. The Kier molecular flexibility index (Phi) is 13.5. The molecule has 0 aliphatic heterocycles. The lowest BCUT2D eigenvalue weighted by Gasteiger charge is -2.39. The Bertz CT molecular complexity index is 865. The van der Waals surface area contributed by atoms with E-state index >= 15 is 0 Å². The van der Waals surface area contributed by atoms with Crippen LogP contribution in [0.25, 0.3) is 0 Å². The van der Waals surface area contributed by atoms with Crippen molar-refractivity contribution in [1.82, 2.24) is 15.5 Å². The average molecular weight is 536 g/mol. The number of benzene rings is 1. The van der Waals surface area contributed by atoms with Crippen LogP contribution >= 0.6 is 11.8 Å². The van der Waals surface area contributed by atoms with E-state index in [1.54, 1.807) is 37.4 Å². The van der Waals surface area contributed by atoms with Gasteiger partial charge in [0, 0.05) is 12.1 Å². The number of carbonyl (C=O) groups excluding carboxylic acids is 3. The molecule has 3 amide bonds. The Hall–Kier alpha value is -2.22. The maximum absolute atomic E-state index is 14.3. The van der Waals surface area contributed by atoms with Crippen molar-refractivity contribution in [2.75, 3.05) is 12.0 Å². The number of rotatable bonds is 13. The molecule has 1 aromatic carbocycles. The maximum Gasteiger partial charge on any atom is 0.408 e. The number of ether oxygens (including phenoxy) is 1. The van der Waals surface area contributed by atoms with E-state index in [0.29, 0.717) is 18.1 Å². The lowest BCUT2D eigenvalue weighted by Crippen LogP contribution is -2.56. The zero-order valence-corrected chi connectivity index (χ0v) is 25.3. The minimum atomic E-state index is -0.824. The molecule has 2 N–H and O–H groups in total. The Balaban J connectivity index is 3.56. The predicted molar refractivity (Wildman–Crippen MR) is 154 cm³/mol. The summed E-state index contributed by atoms with van der Waals surface area (Å²) >= 11 is 1.60. The Labute approximate surface area is 228 Å². The summed E-state index contributed by atoms with van der Waals surface area (Å²) in [6, 6.07) is 5.78. The quantitative estimate of drug-likeness (QED) is 0.330. The van der Waals surface area contributed by atoms with Crippen LogP contribution in [0.3, 0.4) is 0 Å². The third-order valence-electron chi connectivity index (χ3n) is 5.84. The van der Waals surface area contributed by atoms with E-state index in [9.17, 15) is 14.4 Å². The third-order valence-corrected chi connectivity index (χ3v) is 6.49. The zero-order valence-electron chi connectivity index (χ0n) is 24.5. The van der Waals surface area contributed by atoms with Gasteiger partial charge in [-0.25, -0.2) is 4.79 Å². The molecule has 0 saturated heterocycles. The van der Waals surface area contributed by atoms with Gasteiger partial charge >= 0.3 is 6.09 Å². The topological polar surface area (TPSA) is 87.7 Å². The van der Waals surface area contributed by atoms with Gasteiger partial charge in [0.2, 0.25) is 11.8 Å². The van der Waals surface area contributed by atoms with Crippen LogP contribution in [0.1, 0.15) is 91.8 Å². The van der Waals surface area contributed by atoms with E-state index in [1.165, 1.54) is 0 Å². The monoisotopic (exact) mass is 535 g/mol.